The van der Waals surface area contributed by atoms with E-state index in [1.807, 2.05) is 0 Å². The van der Waals surface area contributed by atoms with E-state index >= 15 is 0 Å². The van der Waals surface area contributed by atoms with Gasteiger partial charge in [-0.1, -0.05) is 0 Å². The Bertz CT molecular complexity index is 2520. The first kappa shape index (κ1) is 24.6. The normalized spacial score (nSPS) is 53.0. The van der Waals surface area contributed by atoms with Crippen LogP contribution in [0.25, 0.3) is 0 Å². The predicted molar refractivity (Wildman–Crippen MR) is 196 cm³/mol. The average Bonchev–Trinajstić information content (AvgIpc) is 4.07. The first-order chi connectivity index (χ1) is 22.9. The van der Waals surface area contributed by atoms with E-state index in [1.54, 1.807) is 21.5 Å². The zero-order valence-electron chi connectivity index (χ0n) is 26.7. The van der Waals surface area contributed by atoms with Crippen molar-refractivity contribution >= 4 is 42.4 Å². The molecule has 0 radical (unpaired) electrons. The molecule has 10 aliphatic rings. The number of fused-ring (bicyclic) bond motifs is 10. The molecule has 15 rings (SSSR count). The van der Waals surface area contributed by atoms with Crippen molar-refractivity contribution in [3.05, 3.63) is 151 Å². The molecule has 1 nitrogen and oxygen atoms in total. The van der Waals surface area contributed by atoms with Crippen molar-refractivity contribution in [2.45, 2.75) is 52.9 Å². The number of hydrogen-bond donors (Lipinski definition) is 0. The van der Waals surface area contributed by atoms with Gasteiger partial charge in [-0.05, 0) is 0 Å². The van der Waals surface area contributed by atoms with Gasteiger partial charge < -0.3 is 0 Å². The van der Waals surface area contributed by atoms with Crippen LogP contribution in [0.15, 0.2) is 146 Å². The Morgan fingerprint density at radius 1 is 0.511 bits per heavy atom. The van der Waals surface area contributed by atoms with E-state index in [4.69, 9.17) is 0 Å². The fraction of sp³-hybridized carbons (Fsp3) is 0.302. The van der Waals surface area contributed by atoms with Crippen molar-refractivity contribution < 1.29 is 6.51 Å². The monoisotopic (exact) mass is 687 g/mol. The minimum absolute atomic E-state index is 0.398. The summed E-state index contributed by atoms with van der Waals surface area (Å²) in [4.78, 5) is 12.5. The van der Waals surface area contributed by atoms with Gasteiger partial charge in [-0.2, -0.15) is 0 Å². The molecule has 1 spiro atoms. The van der Waals surface area contributed by atoms with Crippen LogP contribution >= 0.6 is 15.8 Å². The summed E-state index contributed by atoms with van der Waals surface area (Å²) in [5.41, 5.74) is 1.69. The molecule has 47 heavy (non-hydrogen) atoms. The Balaban J connectivity index is 1.03. The summed E-state index contributed by atoms with van der Waals surface area (Å²) in [6.45, 7) is -4.02. The Labute approximate surface area is 270 Å². The van der Waals surface area contributed by atoms with Crippen LogP contribution in [-0.2, 0) is 6.51 Å². The Kier molecular flexibility index (Phi) is 2.33. The molecule has 0 aliphatic carbocycles. The molecule has 0 N–H and O–H groups in total. The van der Waals surface area contributed by atoms with Gasteiger partial charge in [0.15, 0.2) is 0 Å². The van der Waals surface area contributed by atoms with E-state index in [0.717, 1.165) is 4.82 Å². The summed E-state index contributed by atoms with van der Waals surface area (Å²) < 4.78 is 1.24. The van der Waals surface area contributed by atoms with E-state index in [-0.39, 0.29) is 0 Å². The third kappa shape index (κ3) is 0.789. The molecule has 234 valence electrons. The topological polar surface area (TPSA) is 3.24 Å². The molecular formula is C43H39FeNP2. The van der Waals surface area contributed by atoms with Gasteiger partial charge in [0.2, 0.25) is 0 Å². The number of nitrogens with zero attached hydrogens (tertiary/aromatic N) is 1. The summed E-state index contributed by atoms with van der Waals surface area (Å²) in [5, 5.41) is 7.97. The van der Waals surface area contributed by atoms with Gasteiger partial charge in [-0.25, -0.2) is 0 Å². The van der Waals surface area contributed by atoms with Crippen LogP contribution in [0.2, 0.25) is 42.8 Å². The molecule has 10 fully saturated rings. The van der Waals surface area contributed by atoms with Crippen LogP contribution in [0, 0.1) is 0 Å². The average molecular weight is 688 g/mol. The summed E-state index contributed by atoms with van der Waals surface area (Å²) in [5.74, 6) is 0. The zero-order chi connectivity index (χ0) is 30.7. The zero-order valence-corrected chi connectivity index (χ0v) is 29.6. The van der Waals surface area contributed by atoms with E-state index in [0.29, 0.717) is 14.4 Å². The van der Waals surface area contributed by atoms with Gasteiger partial charge in [-0.3, -0.25) is 0 Å². The molecule has 4 heteroatoms. The van der Waals surface area contributed by atoms with Crippen LogP contribution in [0.3, 0.4) is 0 Å². The Morgan fingerprint density at radius 3 is 1.36 bits per heavy atom. The van der Waals surface area contributed by atoms with Crippen LogP contribution in [0.4, 0.5) is 0 Å². The van der Waals surface area contributed by atoms with Crippen molar-refractivity contribution in [3.8, 4) is 0 Å². The van der Waals surface area contributed by atoms with E-state index < -0.39 is 22.4 Å². The van der Waals surface area contributed by atoms with Crippen molar-refractivity contribution in [2.75, 3.05) is 14.1 Å². The Hall–Kier alpha value is -2.56. The van der Waals surface area contributed by atoms with Crippen LogP contribution in [0.1, 0.15) is 11.6 Å². The van der Waals surface area contributed by atoms with Gasteiger partial charge in [0.25, 0.3) is 0 Å². The standard InChI is InChI=1S/C38H34NP2.C5H5.Fe/c1-39(2)38(35-27-17-29-37(35)41(32-22-11-5-12-23-32)33-24-13-6-14-25-33)34-26-15-16-28-36(34)40(30-18-7-3-8-19-30)31-20-9-4-10-21-31;1-2-4-5-3-1;/h3-29,38H,1-2H3;1-5H;/t38-;;/m0../s1. The number of hydrogen-bond acceptors (Lipinski definition) is 1. The molecule has 6 atom stereocenters. The maximum absolute atomic E-state index is 4.02. The van der Waals surface area contributed by atoms with Crippen molar-refractivity contribution in [1.29, 1.82) is 0 Å². The van der Waals surface area contributed by atoms with E-state index in [9.17, 15) is 0 Å². The molecule has 0 amide bonds. The van der Waals surface area contributed by atoms with Gasteiger partial charge in [0.1, 0.15) is 0 Å². The molecule has 10 heterocycles. The molecule has 5 aromatic rings. The maximum atomic E-state index is 2.80. The first-order valence-electron chi connectivity index (χ1n) is 17.7. The molecule has 0 bridgehead atoms. The Morgan fingerprint density at radius 2 is 0.936 bits per heavy atom. The van der Waals surface area contributed by atoms with Crippen LogP contribution < -0.4 is 26.5 Å². The fourth-order valence-corrected chi connectivity index (χ4v) is 117. The van der Waals surface area contributed by atoms with E-state index in [1.165, 1.54) is 44.3 Å². The fourth-order valence-electron chi connectivity index (χ4n) is 23.1. The minimum atomic E-state index is -4.02. The summed E-state index contributed by atoms with van der Waals surface area (Å²) in [7, 11) is 3.91. The summed E-state index contributed by atoms with van der Waals surface area (Å²) in [6, 6.07) is 57.6. The van der Waals surface area contributed by atoms with Crippen LogP contribution in [0.5, 0.6) is 0 Å². The molecule has 5 aromatic carbocycles. The van der Waals surface area contributed by atoms with Crippen molar-refractivity contribution in [3.63, 3.8) is 0 Å². The summed E-state index contributed by atoms with van der Waals surface area (Å²) in [6.07, 6.45) is 0. The second-order valence-corrected chi connectivity index (χ2v) is 47.0. The van der Waals surface area contributed by atoms with Crippen LogP contribution in [-0.4, -0.2) is 23.0 Å². The van der Waals surface area contributed by atoms with Gasteiger partial charge in [-0.15, -0.1) is 0 Å². The third-order valence-corrected chi connectivity index (χ3v) is 74.2. The van der Waals surface area contributed by atoms with E-state index in [2.05, 4.69) is 165 Å². The number of benzene rings is 5. The molecular weight excluding hydrogens is 648 g/mol. The molecule has 10 saturated heterocycles. The first-order valence-corrected chi connectivity index (χ1v) is 26.6. The van der Waals surface area contributed by atoms with Crippen molar-refractivity contribution in [2.24, 2.45) is 0 Å². The molecule has 0 saturated carbocycles. The summed E-state index contributed by atoms with van der Waals surface area (Å²) >= 11 is 0. The molecule has 0 aromatic heterocycles. The van der Waals surface area contributed by atoms with Gasteiger partial charge in [0, 0.05) is 0 Å². The second kappa shape index (κ2) is 4.46. The molecule has 4 unspecified atom stereocenters. The van der Waals surface area contributed by atoms with Gasteiger partial charge in [0.05, 0.1) is 0 Å². The van der Waals surface area contributed by atoms with Gasteiger partial charge >= 0.3 is 272 Å². The molecule has 10 aliphatic heterocycles. The number of rotatable bonds is 9. The quantitative estimate of drug-likeness (QED) is 0.111. The third-order valence-electron chi connectivity index (χ3n) is 21.7. The predicted octanol–water partition coefficient (Wildman–Crippen LogP) is 8.85. The second-order valence-electron chi connectivity index (χ2n) is 18.7. The SMILES string of the molecule is CN(C)[C@@H](c1ccccc1P(c1ccccc1)c1ccccc1)[C]12[CH]3[CH]4[CH]5[C@]1(P(c1ccccc1)c1ccccc1)[Fe]43521678[CH]2[CH]1[CH]6[CH]7[CH]28. The van der Waals surface area contributed by atoms with Crippen molar-refractivity contribution in [1.82, 2.24) is 4.90 Å².